The van der Waals surface area contributed by atoms with Crippen molar-refractivity contribution < 1.29 is 9.53 Å². The van der Waals surface area contributed by atoms with E-state index >= 15 is 0 Å². The Morgan fingerprint density at radius 3 is 2.88 bits per heavy atom. The molecule has 3 rings (SSSR count). The smallest absolute Gasteiger partial charge is 0.316 e. The maximum absolute atomic E-state index is 12.8. The summed E-state index contributed by atoms with van der Waals surface area (Å²) in [6.07, 6.45) is 0. The lowest BCUT2D eigenvalue weighted by molar-refractivity contribution is -0.139. The minimum atomic E-state index is -0.312. The average Bonchev–Trinajstić information content (AvgIpc) is 3.09. The minimum absolute atomic E-state index is 0.0969. The molecule has 124 valence electrons. The van der Waals surface area contributed by atoms with Gasteiger partial charge in [0.1, 0.15) is 0 Å². The zero-order chi connectivity index (χ0) is 16.9. The molecule has 7 heteroatoms. The van der Waals surface area contributed by atoms with Crippen LogP contribution in [0.25, 0.3) is 10.9 Å². The van der Waals surface area contributed by atoms with E-state index in [1.807, 2.05) is 29.6 Å². The van der Waals surface area contributed by atoms with Crippen molar-refractivity contribution in [2.24, 2.45) is 0 Å². The molecule has 0 amide bonds. The molecule has 0 spiro atoms. The van der Waals surface area contributed by atoms with Gasteiger partial charge in [0, 0.05) is 4.88 Å². The standard InChI is InChI=1S/C17H16N2O3S2/c1-2-22-15(20)11-24-17-18-14-8-4-3-7-13(14)16(21)19(17)10-12-6-5-9-23-12/h3-9H,2,10-11H2,1H3. The van der Waals surface area contributed by atoms with Crippen molar-refractivity contribution in [1.29, 1.82) is 0 Å². The molecule has 0 aliphatic carbocycles. The fraction of sp³-hybridized carbons (Fsp3) is 0.235. The molecule has 0 saturated carbocycles. The molecule has 0 atom stereocenters. The van der Waals surface area contributed by atoms with Crippen LogP contribution in [0.4, 0.5) is 0 Å². The number of rotatable bonds is 6. The van der Waals surface area contributed by atoms with E-state index in [0.29, 0.717) is 29.2 Å². The van der Waals surface area contributed by atoms with E-state index in [1.165, 1.54) is 11.8 Å². The third-order valence-corrected chi connectivity index (χ3v) is 5.16. The molecule has 0 bridgehead atoms. The first-order chi connectivity index (χ1) is 11.7. The molecule has 2 heterocycles. The minimum Gasteiger partial charge on any atom is -0.465 e. The van der Waals surface area contributed by atoms with Crippen LogP contribution in [-0.4, -0.2) is 27.9 Å². The molecule has 3 aromatic rings. The van der Waals surface area contributed by atoms with E-state index in [4.69, 9.17) is 4.74 Å². The third-order valence-electron chi connectivity index (χ3n) is 3.35. The van der Waals surface area contributed by atoms with E-state index < -0.39 is 0 Å². The molecule has 2 aromatic heterocycles. The summed E-state index contributed by atoms with van der Waals surface area (Å²) in [5.74, 6) is -0.184. The second kappa shape index (κ2) is 7.63. The molecular weight excluding hydrogens is 344 g/mol. The Kier molecular flexibility index (Phi) is 5.32. The van der Waals surface area contributed by atoms with Gasteiger partial charge in [0.15, 0.2) is 5.16 Å². The predicted molar refractivity (Wildman–Crippen MR) is 96.8 cm³/mol. The van der Waals surface area contributed by atoms with Crippen LogP contribution in [0.1, 0.15) is 11.8 Å². The SMILES string of the molecule is CCOC(=O)CSc1nc2ccccc2c(=O)n1Cc1cccs1. The molecule has 0 aliphatic rings. The van der Waals surface area contributed by atoms with Gasteiger partial charge in [-0.3, -0.25) is 14.2 Å². The first kappa shape index (κ1) is 16.7. The van der Waals surface area contributed by atoms with E-state index in [2.05, 4.69) is 4.98 Å². The second-order valence-electron chi connectivity index (χ2n) is 4.98. The van der Waals surface area contributed by atoms with Crippen molar-refractivity contribution in [3.05, 3.63) is 57.0 Å². The van der Waals surface area contributed by atoms with Crippen molar-refractivity contribution in [2.75, 3.05) is 12.4 Å². The number of thioether (sulfide) groups is 1. The fourth-order valence-electron chi connectivity index (χ4n) is 2.28. The number of hydrogen-bond acceptors (Lipinski definition) is 6. The van der Waals surface area contributed by atoms with Crippen molar-refractivity contribution in [1.82, 2.24) is 9.55 Å². The van der Waals surface area contributed by atoms with Gasteiger partial charge in [-0.1, -0.05) is 30.0 Å². The number of ether oxygens (including phenoxy) is 1. The summed E-state index contributed by atoms with van der Waals surface area (Å²) >= 11 is 2.81. The maximum atomic E-state index is 12.8. The zero-order valence-electron chi connectivity index (χ0n) is 13.1. The number of para-hydroxylation sites is 1. The molecule has 5 nitrogen and oxygen atoms in total. The van der Waals surface area contributed by atoms with Gasteiger partial charge in [-0.25, -0.2) is 4.98 Å². The van der Waals surface area contributed by atoms with Gasteiger partial charge in [0.2, 0.25) is 0 Å². The van der Waals surface area contributed by atoms with Crippen LogP contribution in [0.5, 0.6) is 0 Å². The molecule has 0 saturated heterocycles. The van der Waals surface area contributed by atoms with E-state index in [1.54, 1.807) is 35.0 Å². The number of thiophene rings is 1. The molecule has 0 radical (unpaired) electrons. The Bertz CT molecular complexity index is 904. The number of carbonyl (C=O) groups is 1. The van der Waals surface area contributed by atoms with Crippen molar-refractivity contribution in [3.8, 4) is 0 Å². The highest BCUT2D eigenvalue weighted by atomic mass is 32.2. The zero-order valence-corrected chi connectivity index (χ0v) is 14.7. The summed E-state index contributed by atoms with van der Waals surface area (Å²) in [5, 5.41) is 3.08. The summed E-state index contributed by atoms with van der Waals surface area (Å²) < 4.78 is 6.58. The molecule has 24 heavy (non-hydrogen) atoms. The normalized spacial score (nSPS) is 10.9. The summed E-state index contributed by atoms with van der Waals surface area (Å²) in [7, 11) is 0. The second-order valence-corrected chi connectivity index (χ2v) is 6.95. The number of benzene rings is 1. The topological polar surface area (TPSA) is 61.2 Å². The lowest BCUT2D eigenvalue weighted by Gasteiger charge is -2.12. The van der Waals surface area contributed by atoms with Gasteiger partial charge in [-0.05, 0) is 30.5 Å². The molecule has 0 unspecified atom stereocenters. The Hall–Kier alpha value is -2.12. The average molecular weight is 360 g/mol. The lowest BCUT2D eigenvalue weighted by Crippen LogP contribution is -2.24. The predicted octanol–water partition coefficient (Wildman–Crippen LogP) is 3.16. The summed E-state index contributed by atoms with van der Waals surface area (Å²) in [6.45, 7) is 2.55. The summed E-state index contributed by atoms with van der Waals surface area (Å²) in [5.41, 5.74) is 0.539. The van der Waals surface area contributed by atoms with Crippen LogP contribution in [0.2, 0.25) is 0 Å². The highest BCUT2D eigenvalue weighted by Gasteiger charge is 2.14. The van der Waals surface area contributed by atoms with Crippen molar-refractivity contribution in [2.45, 2.75) is 18.6 Å². The first-order valence-corrected chi connectivity index (χ1v) is 9.36. The number of esters is 1. The van der Waals surface area contributed by atoms with Gasteiger partial charge >= 0.3 is 5.97 Å². The molecule has 0 N–H and O–H groups in total. The maximum Gasteiger partial charge on any atom is 0.316 e. The van der Waals surface area contributed by atoms with Gasteiger partial charge < -0.3 is 4.74 Å². The quantitative estimate of drug-likeness (QED) is 0.384. The number of carbonyl (C=O) groups excluding carboxylic acids is 1. The number of aromatic nitrogens is 2. The molecule has 0 aliphatic heterocycles. The molecular formula is C17H16N2O3S2. The van der Waals surface area contributed by atoms with Gasteiger partial charge in [-0.15, -0.1) is 11.3 Å². The molecule has 0 fully saturated rings. The number of nitrogens with zero attached hydrogens (tertiary/aromatic N) is 2. The Balaban J connectivity index is 2.00. The van der Waals surface area contributed by atoms with Crippen LogP contribution in [-0.2, 0) is 16.1 Å². The van der Waals surface area contributed by atoms with Crippen LogP contribution < -0.4 is 5.56 Å². The van der Waals surface area contributed by atoms with Crippen LogP contribution in [0.3, 0.4) is 0 Å². The van der Waals surface area contributed by atoms with Gasteiger partial charge in [0.25, 0.3) is 5.56 Å². The Labute approximate surface area is 147 Å². The van der Waals surface area contributed by atoms with E-state index in [0.717, 1.165) is 4.88 Å². The largest absolute Gasteiger partial charge is 0.465 e. The van der Waals surface area contributed by atoms with Crippen molar-refractivity contribution in [3.63, 3.8) is 0 Å². The molecule has 1 aromatic carbocycles. The van der Waals surface area contributed by atoms with Crippen LogP contribution in [0, 0.1) is 0 Å². The Morgan fingerprint density at radius 2 is 2.12 bits per heavy atom. The highest BCUT2D eigenvalue weighted by molar-refractivity contribution is 7.99. The summed E-state index contributed by atoms with van der Waals surface area (Å²) in [4.78, 5) is 30.1. The van der Waals surface area contributed by atoms with E-state index in [9.17, 15) is 9.59 Å². The van der Waals surface area contributed by atoms with E-state index in [-0.39, 0.29) is 17.3 Å². The highest BCUT2D eigenvalue weighted by Crippen LogP contribution is 2.20. The summed E-state index contributed by atoms with van der Waals surface area (Å²) in [6, 6.07) is 11.2. The lowest BCUT2D eigenvalue weighted by atomic mass is 10.2. The van der Waals surface area contributed by atoms with Crippen molar-refractivity contribution >= 4 is 40.0 Å². The van der Waals surface area contributed by atoms with Gasteiger partial charge in [0.05, 0.1) is 29.8 Å². The van der Waals surface area contributed by atoms with Crippen LogP contribution >= 0.6 is 23.1 Å². The first-order valence-electron chi connectivity index (χ1n) is 7.49. The van der Waals surface area contributed by atoms with Gasteiger partial charge in [-0.2, -0.15) is 0 Å². The van der Waals surface area contributed by atoms with Crippen LogP contribution in [0.15, 0.2) is 51.7 Å². The number of fused-ring (bicyclic) bond motifs is 1. The Morgan fingerprint density at radius 1 is 1.29 bits per heavy atom. The fourth-order valence-corrected chi connectivity index (χ4v) is 3.77. The monoisotopic (exact) mass is 360 g/mol. The third kappa shape index (κ3) is 3.68. The number of hydrogen-bond donors (Lipinski definition) is 0.